The number of terminal acetylenes is 1. The van der Waals surface area contributed by atoms with Gasteiger partial charge in [0.2, 0.25) is 0 Å². The van der Waals surface area contributed by atoms with E-state index in [0.29, 0.717) is 28.2 Å². The highest BCUT2D eigenvalue weighted by atomic mass is 16.5. The maximum absolute atomic E-state index is 12.5. The number of carbonyl (C=O) groups is 3. The van der Waals surface area contributed by atoms with Gasteiger partial charge in [0.25, 0.3) is 17.7 Å². The minimum atomic E-state index is -0.551. The summed E-state index contributed by atoms with van der Waals surface area (Å²) in [5, 5.41) is 0. The molecular formula is C36H34N6O6. The summed E-state index contributed by atoms with van der Waals surface area (Å²) in [6.45, 7) is 7.60. The van der Waals surface area contributed by atoms with E-state index in [1.54, 1.807) is 66.7 Å². The van der Waals surface area contributed by atoms with Crippen molar-refractivity contribution < 1.29 is 28.6 Å². The molecule has 9 N–H and O–H groups in total. The number of hydrogen-bond acceptors (Lipinski definition) is 9. The molecule has 0 saturated carbocycles. The summed E-state index contributed by atoms with van der Waals surface area (Å²) >= 11 is 0. The van der Waals surface area contributed by atoms with Crippen molar-refractivity contribution in [3.63, 3.8) is 0 Å². The van der Waals surface area contributed by atoms with E-state index in [-0.39, 0.29) is 42.3 Å². The molecule has 0 bridgehead atoms. The molecule has 0 unspecified atom stereocenters. The van der Waals surface area contributed by atoms with E-state index in [9.17, 15) is 14.4 Å². The Bertz CT molecular complexity index is 1820. The Morgan fingerprint density at radius 3 is 1.21 bits per heavy atom. The summed E-state index contributed by atoms with van der Waals surface area (Å²) in [4.78, 5) is 37.4. The molecule has 48 heavy (non-hydrogen) atoms. The number of benzene rings is 4. The fourth-order valence-electron chi connectivity index (χ4n) is 4.80. The van der Waals surface area contributed by atoms with Crippen LogP contribution in [0.3, 0.4) is 0 Å². The number of nitrogens with two attached hydrogens (primary N) is 3. The average molecular weight is 647 g/mol. The van der Waals surface area contributed by atoms with Gasteiger partial charge in [-0.25, -0.2) is 17.5 Å². The van der Waals surface area contributed by atoms with Crippen LogP contribution in [0, 0.1) is 12.3 Å². The highest BCUT2D eigenvalue weighted by Crippen LogP contribution is 2.38. The van der Waals surface area contributed by atoms with Crippen molar-refractivity contribution >= 4 is 17.7 Å². The second kappa shape index (κ2) is 16.3. The van der Waals surface area contributed by atoms with Crippen LogP contribution in [0.5, 0.6) is 17.2 Å². The molecule has 12 heteroatoms. The van der Waals surface area contributed by atoms with Crippen LogP contribution in [-0.4, -0.2) is 37.5 Å². The normalized spacial score (nSPS) is 10.2. The summed E-state index contributed by atoms with van der Waals surface area (Å²) in [7, 11) is 0. The van der Waals surface area contributed by atoms with Gasteiger partial charge in [0, 0.05) is 0 Å². The molecule has 0 saturated heterocycles. The van der Waals surface area contributed by atoms with Crippen molar-refractivity contribution in [1.29, 1.82) is 0 Å². The van der Waals surface area contributed by atoms with Gasteiger partial charge in [-0.05, 0) is 88.0 Å². The number of nitrogens with one attached hydrogen (secondary N) is 3. The summed E-state index contributed by atoms with van der Waals surface area (Å²) in [6, 6.07) is 21.0. The largest absolute Gasteiger partial charge is 0.489 e. The molecule has 0 aliphatic carbocycles. The lowest BCUT2D eigenvalue weighted by Crippen LogP contribution is -2.30. The Kier molecular flexibility index (Phi) is 11.7. The van der Waals surface area contributed by atoms with E-state index in [4.69, 9.17) is 38.2 Å². The number of ether oxygens (including phenoxy) is 3. The molecule has 0 fully saturated rings. The molecule has 0 spiro atoms. The molecule has 0 radical (unpaired) electrons. The fourth-order valence-corrected chi connectivity index (χ4v) is 4.80. The first-order chi connectivity index (χ1) is 23.3. The average Bonchev–Trinajstić information content (AvgIpc) is 3.13. The molecule has 0 aromatic heterocycles. The van der Waals surface area contributed by atoms with Gasteiger partial charge in [-0.3, -0.25) is 30.7 Å². The predicted octanol–water partition coefficient (Wildman–Crippen LogP) is 3.64. The van der Waals surface area contributed by atoms with Gasteiger partial charge in [0.1, 0.15) is 37.1 Å². The lowest BCUT2D eigenvalue weighted by molar-refractivity contribution is 0.0942. The van der Waals surface area contributed by atoms with Crippen molar-refractivity contribution in [1.82, 2.24) is 16.3 Å². The maximum atomic E-state index is 12.5. The number of hydrazine groups is 3. The number of amides is 3. The number of hydrogen-bond donors (Lipinski definition) is 6. The van der Waals surface area contributed by atoms with Gasteiger partial charge >= 0.3 is 0 Å². The number of nitrogen functional groups attached to an aromatic ring is 3. The third-order valence-corrected chi connectivity index (χ3v) is 7.03. The van der Waals surface area contributed by atoms with Crippen LogP contribution in [0.25, 0.3) is 33.4 Å². The lowest BCUT2D eigenvalue weighted by Gasteiger charge is -2.16. The second-order valence-electron chi connectivity index (χ2n) is 10.0. The fraction of sp³-hybridized carbons (Fsp3) is 0.0833. The first-order valence-electron chi connectivity index (χ1n) is 14.4. The summed E-state index contributed by atoms with van der Waals surface area (Å²) in [5.41, 5.74) is 11.3. The number of rotatable bonds is 14. The molecule has 0 aliphatic rings. The molecule has 4 rings (SSSR count). The Morgan fingerprint density at radius 1 is 0.583 bits per heavy atom. The molecule has 0 atom stereocenters. The maximum Gasteiger partial charge on any atom is 0.268 e. The summed E-state index contributed by atoms with van der Waals surface area (Å²) < 4.78 is 17.3. The quantitative estimate of drug-likeness (QED) is 0.0390. The van der Waals surface area contributed by atoms with Crippen LogP contribution in [0.2, 0.25) is 0 Å². The van der Waals surface area contributed by atoms with E-state index >= 15 is 0 Å². The van der Waals surface area contributed by atoms with Crippen molar-refractivity contribution in [2.24, 2.45) is 17.5 Å². The monoisotopic (exact) mass is 646 g/mol. The van der Waals surface area contributed by atoms with Crippen LogP contribution in [0.4, 0.5) is 0 Å². The van der Waals surface area contributed by atoms with Crippen LogP contribution in [0.1, 0.15) is 31.1 Å². The van der Waals surface area contributed by atoms with Gasteiger partial charge < -0.3 is 14.2 Å². The molecule has 4 aromatic carbocycles. The zero-order valence-electron chi connectivity index (χ0n) is 25.9. The van der Waals surface area contributed by atoms with E-state index < -0.39 is 17.7 Å². The third kappa shape index (κ3) is 7.87. The molecular weight excluding hydrogens is 612 g/mol. The number of carbonyl (C=O) groups excluding carboxylic acids is 3. The standard InChI is InChI=1S/C36H34N6O6/c1-4-13-46-31-19-22(7-10-28(31)34(43)40-37)25-16-26(23-8-11-29(35(44)41-38)32(20-23)47-14-5-2)18-27(17-25)24-9-12-30(36(45)42-39)33(21-24)48-15-6-3/h1,5-12,16-21H,2-3,13-15,37-39H2,(H,40,43)(H,41,44)(H,42,45). The molecule has 3 amide bonds. The highest BCUT2D eigenvalue weighted by Gasteiger charge is 2.18. The minimum Gasteiger partial charge on any atom is -0.489 e. The van der Waals surface area contributed by atoms with Gasteiger partial charge in [-0.1, -0.05) is 49.4 Å². The van der Waals surface area contributed by atoms with Gasteiger partial charge in [-0.2, -0.15) is 0 Å². The topological polar surface area (TPSA) is 193 Å². The van der Waals surface area contributed by atoms with E-state index in [0.717, 1.165) is 16.7 Å². The van der Waals surface area contributed by atoms with Crippen molar-refractivity contribution in [2.75, 3.05) is 19.8 Å². The third-order valence-electron chi connectivity index (χ3n) is 7.03. The summed E-state index contributed by atoms with van der Waals surface area (Å²) in [5.74, 6) is 17.8. The first-order valence-corrected chi connectivity index (χ1v) is 14.4. The Morgan fingerprint density at radius 2 is 0.917 bits per heavy atom. The van der Waals surface area contributed by atoms with Crippen LogP contribution in [-0.2, 0) is 0 Å². The Balaban J connectivity index is 1.97. The SMILES string of the molecule is C#CCOc1cc(-c2cc(-c3ccc(C(=O)NN)c(OCC=C)c3)cc(-c3ccc(C(=O)NN)c(OCC=C)c3)c2)ccc1C(=O)NN. The predicted molar refractivity (Wildman–Crippen MR) is 183 cm³/mol. The molecule has 244 valence electrons. The van der Waals surface area contributed by atoms with Gasteiger partial charge in [0.15, 0.2) is 0 Å². The molecule has 4 aromatic rings. The van der Waals surface area contributed by atoms with Crippen LogP contribution >= 0.6 is 0 Å². The van der Waals surface area contributed by atoms with Gasteiger partial charge in [0.05, 0.1) is 16.7 Å². The minimum absolute atomic E-state index is 0.0774. The van der Waals surface area contributed by atoms with E-state index in [2.05, 4.69) is 35.4 Å². The smallest absolute Gasteiger partial charge is 0.268 e. The Hall–Kier alpha value is -6.39. The molecule has 0 heterocycles. The van der Waals surface area contributed by atoms with Crippen LogP contribution < -0.4 is 48.0 Å². The zero-order valence-corrected chi connectivity index (χ0v) is 25.9. The Labute approximate surface area is 277 Å². The van der Waals surface area contributed by atoms with E-state index in [1.165, 1.54) is 0 Å². The van der Waals surface area contributed by atoms with Crippen molar-refractivity contribution in [3.8, 4) is 63.0 Å². The lowest BCUT2D eigenvalue weighted by atomic mass is 9.92. The highest BCUT2D eigenvalue weighted by molar-refractivity contribution is 5.99. The first kappa shape index (κ1) is 34.5. The second-order valence-corrected chi connectivity index (χ2v) is 10.0. The zero-order chi connectivity index (χ0) is 34.6. The van der Waals surface area contributed by atoms with Crippen molar-refractivity contribution in [3.05, 3.63) is 115 Å². The molecule has 12 nitrogen and oxygen atoms in total. The van der Waals surface area contributed by atoms with Crippen molar-refractivity contribution in [2.45, 2.75) is 0 Å². The van der Waals surface area contributed by atoms with Gasteiger partial charge in [-0.15, -0.1) is 6.42 Å². The molecule has 0 aliphatic heterocycles. The van der Waals surface area contributed by atoms with Crippen LogP contribution in [0.15, 0.2) is 98.1 Å². The van der Waals surface area contributed by atoms with E-state index in [1.807, 2.05) is 18.2 Å². The summed E-state index contributed by atoms with van der Waals surface area (Å²) in [6.07, 6.45) is 8.54.